The number of aliphatic imine (C=N–C) groups is 1. The Hall–Kier alpha value is -4.65. The normalized spacial score (nSPS) is 15.1. The molecule has 1 aliphatic rings. The van der Waals surface area contributed by atoms with E-state index in [1.807, 2.05) is 56.3 Å². The van der Waals surface area contributed by atoms with E-state index in [2.05, 4.69) is 39.0 Å². The number of carbonyl (C=O) groups is 2. The monoisotopic (exact) mass is 650 g/mol. The Morgan fingerprint density at radius 1 is 1.09 bits per heavy atom. The van der Waals surface area contributed by atoms with Crippen molar-refractivity contribution in [3.8, 4) is 22.8 Å². The van der Waals surface area contributed by atoms with Gasteiger partial charge in [-0.3, -0.25) is 9.69 Å². The summed E-state index contributed by atoms with van der Waals surface area (Å²) in [4.78, 5) is 35.9. The summed E-state index contributed by atoms with van der Waals surface area (Å²) in [6, 6.07) is 18.5. The van der Waals surface area contributed by atoms with Crippen LogP contribution in [-0.4, -0.2) is 50.5 Å². The molecule has 4 aromatic rings. The third-order valence-electron chi connectivity index (χ3n) is 7.47. The molecule has 1 N–H and O–H groups in total. The summed E-state index contributed by atoms with van der Waals surface area (Å²) < 4.78 is 42.7. The van der Waals surface area contributed by atoms with Crippen LogP contribution >= 0.6 is 11.8 Å². The van der Waals surface area contributed by atoms with Gasteiger partial charge in [0.2, 0.25) is 5.91 Å². The van der Waals surface area contributed by atoms with Gasteiger partial charge in [0.25, 0.3) is 0 Å². The Bertz CT molecular complexity index is 1740. The average Bonchev–Trinajstić information content (AvgIpc) is 3.64. The highest BCUT2D eigenvalue weighted by Crippen LogP contribution is 2.34. The predicted molar refractivity (Wildman–Crippen MR) is 173 cm³/mol. The molecular weight excluding hydrogens is 617 g/mol. The molecule has 1 aliphatic heterocycles. The van der Waals surface area contributed by atoms with Gasteiger partial charge in [0.1, 0.15) is 12.1 Å². The maximum atomic E-state index is 12.9. The number of ether oxygens (including phenoxy) is 1. The summed E-state index contributed by atoms with van der Waals surface area (Å²) in [5, 5.41) is 7.72. The number of hydrogen-bond acceptors (Lipinski definition) is 6. The lowest BCUT2D eigenvalue weighted by molar-refractivity contribution is -0.274. The van der Waals surface area contributed by atoms with Crippen LogP contribution in [0.4, 0.5) is 23.7 Å². The maximum absolute atomic E-state index is 12.9. The fourth-order valence-electron chi connectivity index (χ4n) is 5.08. The minimum atomic E-state index is -4.76. The number of benzene rings is 3. The van der Waals surface area contributed by atoms with Crippen LogP contribution in [-0.2, 0) is 4.79 Å². The second-order valence-electron chi connectivity index (χ2n) is 11.1. The zero-order valence-corrected chi connectivity index (χ0v) is 26.5. The standard InChI is InChI=1S/C33H33F3N6O3S/c1-5-22(17-37-31(44)39-32-42(29(43)18-46-32)28-16-21(4)6-15-27(28)20(2)3)23-7-9-24(10-8-23)30-38-19-41(40-30)25-11-13-26(14-12-25)45-33(34,35)36/h6-16,19-20,22H,5,17-18H2,1-4H3,(H,37,44)/b39-32+. The Morgan fingerprint density at radius 2 is 1.80 bits per heavy atom. The van der Waals surface area contributed by atoms with E-state index in [-0.39, 0.29) is 29.2 Å². The Kier molecular flexibility index (Phi) is 9.80. The molecule has 1 fully saturated rings. The van der Waals surface area contributed by atoms with E-state index in [1.165, 1.54) is 47.0 Å². The highest BCUT2D eigenvalue weighted by molar-refractivity contribution is 8.15. The first-order valence-corrected chi connectivity index (χ1v) is 15.7. The first-order chi connectivity index (χ1) is 21.9. The van der Waals surface area contributed by atoms with Gasteiger partial charge in [-0.15, -0.1) is 18.3 Å². The Labute approximate surface area is 268 Å². The number of hydrogen-bond donors (Lipinski definition) is 1. The summed E-state index contributed by atoms with van der Waals surface area (Å²) in [6.45, 7) is 8.48. The van der Waals surface area contributed by atoms with Gasteiger partial charge in [0.05, 0.1) is 17.1 Å². The summed E-state index contributed by atoms with van der Waals surface area (Å²) in [5.74, 6) is 0.440. The van der Waals surface area contributed by atoms with Gasteiger partial charge >= 0.3 is 12.4 Å². The summed E-state index contributed by atoms with van der Waals surface area (Å²) >= 11 is 1.25. The van der Waals surface area contributed by atoms with Gasteiger partial charge in [-0.05, 0) is 66.3 Å². The molecule has 3 amide bonds. The molecular formula is C33H33F3N6O3S. The van der Waals surface area contributed by atoms with Crippen LogP contribution in [0, 0.1) is 6.92 Å². The lowest BCUT2D eigenvalue weighted by Crippen LogP contribution is -2.33. The van der Waals surface area contributed by atoms with Gasteiger partial charge < -0.3 is 10.1 Å². The van der Waals surface area contributed by atoms with Crippen LogP contribution in [0.15, 0.2) is 78.0 Å². The summed E-state index contributed by atoms with van der Waals surface area (Å²) in [7, 11) is 0. The van der Waals surface area contributed by atoms with Crippen LogP contribution < -0.4 is 15.0 Å². The van der Waals surface area contributed by atoms with Crippen LogP contribution in [0.1, 0.15) is 55.7 Å². The smallest absolute Gasteiger partial charge is 0.406 e. The molecule has 240 valence electrons. The van der Waals surface area contributed by atoms with Crippen LogP contribution in [0.5, 0.6) is 5.75 Å². The number of thioether (sulfide) groups is 1. The second kappa shape index (κ2) is 13.8. The molecule has 46 heavy (non-hydrogen) atoms. The fourth-order valence-corrected chi connectivity index (χ4v) is 5.94. The third-order valence-corrected chi connectivity index (χ3v) is 8.39. The van der Waals surface area contributed by atoms with Crippen molar-refractivity contribution in [3.05, 3.63) is 89.7 Å². The number of nitrogens with one attached hydrogen (secondary N) is 1. The topological polar surface area (TPSA) is 102 Å². The van der Waals surface area contributed by atoms with Crippen molar-refractivity contribution in [2.75, 3.05) is 17.2 Å². The number of urea groups is 1. The molecule has 0 saturated carbocycles. The van der Waals surface area contributed by atoms with Gasteiger partial charge in [0.15, 0.2) is 11.0 Å². The van der Waals surface area contributed by atoms with E-state index < -0.39 is 12.4 Å². The van der Waals surface area contributed by atoms with Crippen molar-refractivity contribution < 1.29 is 27.5 Å². The van der Waals surface area contributed by atoms with Crippen LogP contribution in [0.3, 0.4) is 0 Å². The molecule has 2 heterocycles. The number of rotatable bonds is 9. The second-order valence-corrected chi connectivity index (χ2v) is 12.0. The minimum absolute atomic E-state index is 0.0134. The zero-order chi connectivity index (χ0) is 33.0. The first-order valence-electron chi connectivity index (χ1n) is 14.7. The van der Waals surface area contributed by atoms with Gasteiger partial charge in [-0.2, -0.15) is 4.99 Å². The third kappa shape index (κ3) is 7.76. The minimum Gasteiger partial charge on any atom is -0.406 e. The fraction of sp³-hybridized carbons (Fsp3) is 0.303. The first kappa shape index (κ1) is 32.7. The lowest BCUT2D eigenvalue weighted by atomic mass is 9.95. The number of alkyl halides is 3. The number of halogens is 3. The molecule has 0 spiro atoms. The van der Waals surface area contributed by atoms with Crippen molar-refractivity contribution in [2.45, 2.75) is 52.3 Å². The van der Waals surface area contributed by atoms with Crippen molar-refractivity contribution in [2.24, 2.45) is 4.99 Å². The molecule has 13 heteroatoms. The number of aryl methyl sites for hydroxylation is 1. The van der Waals surface area contributed by atoms with E-state index >= 15 is 0 Å². The number of carbonyl (C=O) groups excluding carboxylic acids is 2. The molecule has 1 unspecified atom stereocenters. The number of amidine groups is 1. The molecule has 5 rings (SSSR count). The van der Waals surface area contributed by atoms with E-state index in [4.69, 9.17) is 0 Å². The quantitative estimate of drug-likeness (QED) is 0.200. The predicted octanol–water partition coefficient (Wildman–Crippen LogP) is 7.60. The van der Waals surface area contributed by atoms with E-state index in [0.29, 0.717) is 23.2 Å². The molecule has 0 bridgehead atoms. The highest BCUT2D eigenvalue weighted by atomic mass is 32.2. The molecule has 1 aromatic heterocycles. The summed E-state index contributed by atoms with van der Waals surface area (Å²) in [6.07, 6.45) is -2.52. The molecule has 1 saturated heterocycles. The average molecular weight is 651 g/mol. The zero-order valence-electron chi connectivity index (χ0n) is 25.7. The lowest BCUT2D eigenvalue weighted by Gasteiger charge is -2.22. The Morgan fingerprint density at radius 3 is 2.46 bits per heavy atom. The number of nitrogens with zero attached hydrogens (tertiary/aromatic N) is 5. The van der Waals surface area contributed by atoms with Crippen LogP contribution in [0.2, 0.25) is 0 Å². The van der Waals surface area contributed by atoms with Gasteiger partial charge in [-0.1, -0.05) is 68.9 Å². The van der Waals surface area contributed by atoms with Crippen molar-refractivity contribution in [3.63, 3.8) is 0 Å². The highest BCUT2D eigenvalue weighted by Gasteiger charge is 2.33. The molecule has 9 nitrogen and oxygen atoms in total. The van der Waals surface area contributed by atoms with Crippen molar-refractivity contribution >= 4 is 34.6 Å². The van der Waals surface area contributed by atoms with Crippen LogP contribution in [0.25, 0.3) is 17.1 Å². The van der Waals surface area contributed by atoms with Gasteiger partial charge in [0, 0.05) is 18.0 Å². The number of amides is 3. The molecule has 0 aliphatic carbocycles. The van der Waals surface area contributed by atoms with Crippen molar-refractivity contribution in [1.82, 2.24) is 20.1 Å². The van der Waals surface area contributed by atoms with E-state index in [0.717, 1.165) is 34.4 Å². The SMILES string of the molecule is CCC(CNC(=O)/N=C1/SCC(=O)N1c1cc(C)ccc1C(C)C)c1ccc(-c2ncn(-c3ccc(OC(F)(F)F)cc3)n2)cc1. The molecule has 1 atom stereocenters. The number of aromatic nitrogens is 3. The molecule has 3 aromatic carbocycles. The Balaban J connectivity index is 1.23. The molecule has 0 radical (unpaired) electrons. The van der Waals surface area contributed by atoms with E-state index in [1.54, 1.807) is 4.90 Å². The number of anilines is 1. The summed E-state index contributed by atoms with van der Waals surface area (Å²) in [5.41, 5.74) is 5.08. The maximum Gasteiger partial charge on any atom is 0.573 e. The largest absolute Gasteiger partial charge is 0.573 e. The van der Waals surface area contributed by atoms with Gasteiger partial charge in [-0.25, -0.2) is 14.5 Å². The van der Waals surface area contributed by atoms with Crippen molar-refractivity contribution in [1.29, 1.82) is 0 Å². The van der Waals surface area contributed by atoms with E-state index in [9.17, 15) is 22.8 Å².